The molecule has 1 aliphatic rings. The Morgan fingerprint density at radius 2 is 2.00 bits per heavy atom. The first-order valence-electron chi connectivity index (χ1n) is 9.51. The molecule has 2 aromatic carbocycles. The molecule has 3 rings (SSSR count). The summed E-state index contributed by atoms with van der Waals surface area (Å²) >= 11 is 7.93. The molecule has 0 saturated carbocycles. The smallest absolute Gasteiger partial charge is 0.244 e. The van der Waals surface area contributed by atoms with Crippen LogP contribution in [0.1, 0.15) is 11.1 Å². The summed E-state index contributed by atoms with van der Waals surface area (Å²) in [6.07, 6.45) is 3.23. The molecule has 1 amide bonds. The van der Waals surface area contributed by atoms with Crippen molar-refractivity contribution in [3.05, 3.63) is 64.4 Å². The molecular weight excluding hydrogens is 411 g/mol. The average Bonchev–Trinajstić information content (AvgIpc) is 2.72. The fourth-order valence-electron chi connectivity index (χ4n) is 2.94. The van der Waals surface area contributed by atoms with Gasteiger partial charge < -0.3 is 10.1 Å². The number of carbonyl (C=O) groups is 1. The first-order chi connectivity index (χ1) is 14.0. The van der Waals surface area contributed by atoms with E-state index in [0.29, 0.717) is 11.6 Å². The van der Waals surface area contributed by atoms with E-state index in [2.05, 4.69) is 10.2 Å². The molecule has 1 heterocycles. The first-order valence-corrected chi connectivity index (χ1v) is 10.7. The molecule has 0 unspecified atom stereocenters. The Hall–Kier alpha value is -1.86. The predicted molar refractivity (Wildman–Crippen MR) is 116 cm³/mol. The van der Waals surface area contributed by atoms with Crippen molar-refractivity contribution in [3.8, 4) is 0 Å². The van der Waals surface area contributed by atoms with Crippen molar-refractivity contribution in [2.45, 2.75) is 16.7 Å². The van der Waals surface area contributed by atoms with Crippen LogP contribution in [0.15, 0.2) is 52.3 Å². The zero-order valence-electron chi connectivity index (χ0n) is 16.3. The molecule has 2 aromatic rings. The number of morpholine rings is 1. The van der Waals surface area contributed by atoms with Crippen molar-refractivity contribution in [1.82, 2.24) is 10.2 Å². The minimum Gasteiger partial charge on any atom is -0.379 e. The van der Waals surface area contributed by atoms with Gasteiger partial charge in [0.1, 0.15) is 5.82 Å². The van der Waals surface area contributed by atoms with Crippen LogP contribution in [-0.2, 0) is 9.53 Å². The van der Waals surface area contributed by atoms with Crippen LogP contribution in [0.5, 0.6) is 0 Å². The summed E-state index contributed by atoms with van der Waals surface area (Å²) in [4.78, 5) is 16.3. The lowest BCUT2D eigenvalue weighted by Gasteiger charge is -2.26. The normalized spacial score (nSPS) is 15.0. The van der Waals surface area contributed by atoms with Gasteiger partial charge in [0.05, 0.1) is 13.2 Å². The Morgan fingerprint density at radius 1 is 1.28 bits per heavy atom. The molecule has 0 aliphatic carbocycles. The van der Waals surface area contributed by atoms with Crippen LogP contribution in [0.4, 0.5) is 4.39 Å². The number of ether oxygens (including phenoxy) is 1. The highest BCUT2D eigenvalue weighted by Gasteiger charge is 2.10. The summed E-state index contributed by atoms with van der Waals surface area (Å²) in [6.45, 7) is 6.72. The van der Waals surface area contributed by atoms with Crippen LogP contribution in [0, 0.1) is 12.7 Å². The van der Waals surface area contributed by atoms with E-state index in [1.54, 1.807) is 18.2 Å². The van der Waals surface area contributed by atoms with Gasteiger partial charge in [-0.15, -0.1) is 0 Å². The molecule has 7 heteroatoms. The van der Waals surface area contributed by atoms with Gasteiger partial charge in [0, 0.05) is 47.1 Å². The van der Waals surface area contributed by atoms with Crippen LogP contribution in [0.2, 0.25) is 5.02 Å². The third kappa shape index (κ3) is 6.85. The van der Waals surface area contributed by atoms with Gasteiger partial charge >= 0.3 is 0 Å². The number of rotatable bonds is 7. The lowest BCUT2D eigenvalue weighted by atomic mass is 10.1. The maximum Gasteiger partial charge on any atom is 0.244 e. The number of halogens is 2. The van der Waals surface area contributed by atoms with Crippen LogP contribution in [0.3, 0.4) is 0 Å². The topological polar surface area (TPSA) is 41.6 Å². The molecule has 0 bridgehead atoms. The lowest BCUT2D eigenvalue weighted by molar-refractivity contribution is -0.116. The molecule has 1 fully saturated rings. The van der Waals surface area contributed by atoms with E-state index in [9.17, 15) is 9.18 Å². The number of nitrogens with one attached hydrogen (secondary N) is 1. The molecule has 4 nitrogen and oxygen atoms in total. The number of amides is 1. The van der Waals surface area contributed by atoms with Crippen molar-refractivity contribution in [1.29, 1.82) is 0 Å². The van der Waals surface area contributed by atoms with Gasteiger partial charge in [0.25, 0.3) is 0 Å². The monoisotopic (exact) mass is 434 g/mol. The fraction of sp³-hybridized carbons (Fsp3) is 0.318. The van der Waals surface area contributed by atoms with Crippen LogP contribution in [-0.4, -0.2) is 50.2 Å². The Balaban J connectivity index is 1.55. The Morgan fingerprint density at radius 3 is 2.72 bits per heavy atom. The second kappa shape index (κ2) is 10.8. The summed E-state index contributed by atoms with van der Waals surface area (Å²) in [5, 5.41) is 3.46. The van der Waals surface area contributed by atoms with E-state index in [4.69, 9.17) is 16.3 Å². The van der Waals surface area contributed by atoms with Gasteiger partial charge in [-0.1, -0.05) is 23.4 Å². The van der Waals surface area contributed by atoms with Crippen molar-refractivity contribution < 1.29 is 13.9 Å². The molecule has 1 N–H and O–H groups in total. The maximum absolute atomic E-state index is 13.1. The van der Waals surface area contributed by atoms with Gasteiger partial charge in [-0.05, 0) is 60.5 Å². The van der Waals surface area contributed by atoms with Crippen molar-refractivity contribution >= 4 is 35.3 Å². The molecule has 29 heavy (non-hydrogen) atoms. The van der Waals surface area contributed by atoms with Crippen LogP contribution in [0.25, 0.3) is 6.08 Å². The number of benzene rings is 2. The van der Waals surface area contributed by atoms with Gasteiger partial charge in [0.15, 0.2) is 0 Å². The standard InChI is InChI=1S/C22H24ClFN2O2S/c1-16-14-17(2-7-22(27)25-8-9-26-10-12-28-13-11-26)20(23)15-21(16)29-19-5-3-18(24)4-6-19/h2-7,14-15H,8-13H2,1H3,(H,25,27)/b7-2+. The summed E-state index contributed by atoms with van der Waals surface area (Å²) in [7, 11) is 0. The average molecular weight is 435 g/mol. The van der Waals surface area contributed by atoms with E-state index in [-0.39, 0.29) is 11.7 Å². The van der Waals surface area contributed by atoms with Crippen LogP contribution >= 0.6 is 23.4 Å². The Labute approximate surface area is 180 Å². The summed E-state index contributed by atoms with van der Waals surface area (Å²) in [5.74, 6) is -0.399. The second-order valence-electron chi connectivity index (χ2n) is 6.77. The molecule has 1 aliphatic heterocycles. The molecular formula is C22H24ClFN2O2S. The van der Waals surface area contributed by atoms with Gasteiger partial charge in [-0.3, -0.25) is 9.69 Å². The van der Waals surface area contributed by atoms with E-state index < -0.39 is 0 Å². The zero-order valence-corrected chi connectivity index (χ0v) is 17.9. The largest absolute Gasteiger partial charge is 0.379 e. The van der Waals surface area contributed by atoms with E-state index in [1.807, 2.05) is 19.1 Å². The summed E-state index contributed by atoms with van der Waals surface area (Å²) < 4.78 is 18.4. The molecule has 0 atom stereocenters. The van der Waals surface area contributed by atoms with E-state index in [0.717, 1.165) is 53.8 Å². The van der Waals surface area contributed by atoms with Crippen molar-refractivity contribution in [2.75, 3.05) is 39.4 Å². The molecule has 0 spiro atoms. The van der Waals surface area contributed by atoms with Crippen molar-refractivity contribution in [3.63, 3.8) is 0 Å². The minimum atomic E-state index is -0.257. The highest BCUT2D eigenvalue weighted by Crippen LogP contribution is 2.34. The zero-order chi connectivity index (χ0) is 20.6. The predicted octanol–water partition coefficient (Wildman–Crippen LogP) is 4.40. The molecule has 0 radical (unpaired) electrons. The number of carbonyl (C=O) groups excluding carboxylic acids is 1. The highest BCUT2D eigenvalue weighted by molar-refractivity contribution is 7.99. The molecule has 1 saturated heterocycles. The number of hydrogen-bond donors (Lipinski definition) is 1. The first kappa shape index (κ1) is 21.8. The van der Waals surface area contributed by atoms with Crippen molar-refractivity contribution in [2.24, 2.45) is 0 Å². The number of hydrogen-bond acceptors (Lipinski definition) is 4. The van der Waals surface area contributed by atoms with Gasteiger partial charge in [0.2, 0.25) is 5.91 Å². The third-order valence-corrected chi connectivity index (χ3v) is 6.08. The lowest BCUT2D eigenvalue weighted by Crippen LogP contribution is -2.41. The number of nitrogens with zero attached hydrogens (tertiary/aromatic N) is 1. The molecule has 0 aromatic heterocycles. The molecule has 154 valence electrons. The third-order valence-electron chi connectivity index (χ3n) is 4.58. The summed E-state index contributed by atoms with van der Waals surface area (Å²) in [6, 6.07) is 10.2. The summed E-state index contributed by atoms with van der Waals surface area (Å²) in [5.41, 5.74) is 1.83. The quantitative estimate of drug-likeness (QED) is 0.656. The SMILES string of the molecule is Cc1cc(/C=C/C(=O)NCCN2CCOCC2)c(Cl)cc1Sc1ccc(F)cc1. The second-order valence-corrected chi connectivity index (χ2v) is 8.30. The van der Waals surface area contributed by atoms with E-state index in [1.165, 1.54) is 30.0 Å². The highest BCUT2D eigenvalue weighted by atomic mass is 35.5. The Kier molecular flexibility index (Phi) is 8.12. The fourth-order valence-corrected chi connectivity index (χ4v) is 4.15. The minimum absolute atomic E-state index is 0.142. The van der Waals surface area contributed by atoms with Gasteiger partial charge in [-0.2, -0.15) is 0 Å². The van der Waals surface area contributed by atoms with Gasteiger partial charge in [-0.25, -0.2) is 4.39 Å². The number of aryl methyl sites for hydroxylation is 1. The van der Waals surface area contributed by atoms with Crippen LogP contribution < -0.4 is 5.32 Å². The maximum atomic E-state index is 13.1. The Bertz CT molecular complexity index is 868. The van der Waals surface area contributed by atoms with E-state index >= 15 is 0 Å².